The van der Waals surface area contributed by atoms with Crippen molar-refractivity contribution in [3.8, 4) is 0 Å². The highest BCUT2D eigenvalue weighted by molar-refractivity contribution is 6.21. The molecule has 2 aliphatic rings. The standard InChI is InChI=1S/C27H36O3/c1-8-21-20(9-16(5)25(18(7)28)27(21)30)11-19-12-23-22(14(2)3)10-15(4)17(6)26(23)24(29)13-19/h10,14,19-21H,8-9,11-13H2,1-7H3. The van der Waals surface area contributed by atoms with Gasteiger partial charge < -0.3 is 0 Å². The lowest BCUT2D eigenvalue weighted by molar-refractivity contribution is -0.125. The van der Waals surface area contributed by atoms with Crippen molar-refractivity contribution in [1.29, 1.82) is 0 Å². The van der Waals surface area contributed by atoms with E-state index in [4.69, 9.17) is 0 Å². The molecule has 3 nitrogen and oxygen atoms in total. The first-order valence-corrected chi connectivity index (χ1v) is 11.5. The molecule has 3 rings (SSSR count). The van der Waals surface area contributed by atoms with E-state index in [1.807, 2.05) is 13.8 Å². The minimum Gasteiger partial charge on any atom is -0.294 e. The Labute approximate surface area is 181 Å². The number of benzene rings is 1. The second-order valence-corrected chi connectivity index (χ2v) is 9.90. The van der Waals surface area contributed by atoms with Crippen molar-refractivity contribution < 1.29 is 14.4 Å². The predicted octanol–water partition coefficient (Wildman–Crippen LogP) is 6.08. The number of hydrogen-bond acceptors (Lipinski definition) is 3. The lowest BCUT2D eigenvalue weighted by Crippen LogP contribution is -2.35. The van der Waals surface area contributed by atoms with Crippen LogP contribution in [0.5, 0.6) is 0 Å². The average molecular weight is 409 g/mol. The van der Waals surface area contributed by atoms with E-state index in [1.54, 1.807) is 0 Å². The van der Waals surface area contributed by atoms with Gasteiger partial charge in [0.15, 0.2) is 17.3 Å². The summed E-state index contributed by atoms with van der Waals surface area (Å²) in [7, 11) is 0. The Morgan fingerprint density at radius 1 is 1.10 bits per heavy atom. The van der Waals surface area contributed by atoms with Crippen molar-refractivity contribution >= 4 is 17.3 Å². The summed E-state index contributed by atoms with van der Waals surface area (Å²) in [5.41, 5.74) is 7.17. The van der Waals surface area contributed by atoms with Gasteiger partial charge in [0, 0.05) is 17.9 Å². The van der Waals surface area contributed by atoms with Gasteiger partial charge in [-0.2, -0.15) is 0 Å². The largest absolute Gasteiger partial charge is 0.294 e. The molecule has 0 N–H and O–H groups in total. The van der Waals surface area contributed by atoms with Gasteiger partial charge in [0.1, 0.15) is 0 Å². The number of carbonyl (C=O) groups excluding carboxylic acids is 3. The molecule has 0 spiro atoms. The molecule has 0 amide bonds. The molecule has 1 aromatic carbocycles. The topological polar surface area (TPSA) is 51.2 Å². The molecule has 0 aromatic heterocycles. The smallest absolute Gasteiger partial charge is 0.169 e. The van der Waals surface area contributed by atoms with Crippen molar-refractivity contribution in [1.82, 2.24) is 0 Å². The van der Waals surface area contributed by atoms with Gasteiger partial charge in [-0.3, -0.25) is 14.4 Å². The predicted molar refractivity (Wildman–Crippen MR) is 121 cm³/mol. The van der Waals surface area contributed by atoms with E-state index in [0.717, 1.165) is 42.4 Å². The average Bonchev–Trinajstić information content (AvgIpc) is 2.63. The Morgan fingerprint density at radius 2 is 1.77 bits per heavy atom. The Hall–Kier alpha value is -2.03. The summed E-state index contributed by atoms with van der Waals surface area (Å²) in [5, 5.41) is 0. The summed E-state index contributed by atoms with van der Waals surface area (Å²) < 4.78 is 0. The number of hydrogen-bond donors (Lipinski definition) is 0. The maximum absolute atomic E-state index is 13.2. The van der Waals surface area contributed by atoms with Crippen LogP contribution in [0.4, 0.5) is 0 Å². The zero-order valence-electron chi connectivity index (χ0n) is 19.6. The lowest BCUT2D eigenvalue weighted by atomic mass is 9.67. The molecule has 3 atom stereocenters. The van der Waals surface area contributed by atoms with Gasteiger partial charge in [-0.15, -0.1) is 0 Å². The summed E-state index contributed by atoms with van der Waals surface area (Å²) in [6.45, 7) is 14.0. The van der Waals surface area contributed by atoms with E-state index in [1.165, 1.54) is 23.6 Å². The minimum absolute atomic E-state index is 0.0237. The van der Waals surface area contributed by atoms with Crippen LogP contribution in [-0.4, -0.2) is 17.3 Å². The van der Waals surface area contributed by atoms with Crippen molar-refractivity contribution in [3.05, 3.63) is 45.0 Å². The third kappa shape index (κ3) is 3.96. The highest BCUT2D eigenvalue weighted by Crippen LogP contribution is 2.42. The minimum atomic E-state index is -0.108. The summed E-state index contributed by atoms with van der Waals surface area (Å²) in [6, 6.07) is 2.26. The summed E-state index contributed by atoms with van der Waals surface area (Å²) >= 11 is 0. The molecule has 0 aliphatic heterocycles. The van der Waals surface area contributed by atoms with Crippen LogP contribution in [0.2, 0.25) is 0 Å². The van der Waals surface area contributed by atoms with Crippen LogP contribution in [0.25, 0.3) is 0 Å². The number of allylic oxidation sites excluding steroid dienone is 2. The molecule has 30 heavy (non-hydrogen) atoms. The van der Waals surface area contributed by atoms with Crippen LogP contribution >= 0.6 is 0 Å². The molecule has 162 valence electrons. The summed E-state index contributed by atoms with van der Waals surface area (Å²) in [6.07, 6.45) is 3.90. The second kappa shape index (κ2) is 8.61. The number of rotatable bonds is 5. The zero-order chi connectivity index (χ0) is 22.3. The fraction of sp³-hybridized carbons (Fsp3) is 0.593. The molecule has 2 aliphatic carbocycles. The van der Waals surface area contributed by atoms with E-state index in [2.05, 4.69) is 33.8 Å². The van der Waals surface area contributed by atoms with E-state index >= 15 is 0 Å². The van der Waals surface area contributed by atoms with Crippen LogP contribution in [0.15, 0.2) is 17.2 Å². The first-order chi connectivity index (χ1) is 14.1. The van der Waals surface area contributed by atoms with Gasteiger partial charge in [-0.05, 0) is 93.4 Å². The highest BCUT2D eigenvalue weighted by Gasteiger charge is 2.39. The second-order valence-electron chi connectivity index (χ2n) is 9.90. The van der Waals surface area contributed by atoms with Crippen LogP contribution < -0.4 is 0 Å². The highest BCUT2D eigenvalue weighted by atomic mass is 16.1. The van der Waals surface area contributed by atoms with Crippen molar-refractivity contribution in [2.45, 2.75) is 86.5 Å². The Kier molecular flexibility index (Phi) is 6.50. The lowest BCUT2D eigenvalue weighted by Gasteiger charge is -2.36. The molecule has 1 aromatic rings. The molecule has 0 radical (unpaired) electrons. The van der Waals surface area contributed by atoms with Crippen molar-refractivity contribution in [2.75, 3.05) is 0 Å². The van der Waals surface area contributed by atoms with Gasteiger partial charge in [0.05, 0.1) is 5.57 Å². The third-order valence-corrected chi connectivity index (χ3v) is 7.43. The number of aryl methyl sites for hydroxylation is 1. The van der Waals surface area contributed by atoms with E-state index in [9.17, 15) is 14.4 Å². The number of carbonyl (C=O) groups is 3. The SMILES string of the molecule is CCC1C(=O)C(C(C)=O)=C(C)CC1CC1CC(=O)c2c(C)c(C)cc(C(C)C)c2C1. The van der Waals surface area contributed by atoms with Crippen molar-refractivity contribution in [3.63, 3.8) is 0 Å². The molecule has 0 heterocycles. The Balaban J connectivity index is 1.92. The quantitative estimate of drug-likeness (QED) is 0.555. The number of ketones is 3. The molecule has 3 unspecified atom stereocenters. The first kappa shape index (κ1) is 22.7. The van der Waals surface area contributed by atoms with Gasteiger partial charge in [-0.1, -0.05) is 32.4 Å². The summed E-state index contributed by atoms with van der Waals surface area (Å²) in [4.78, 5) is 38.2. The Bertz CT molecular complexity index is 932. The van der Waals surface area contributed by atoms with Gasteiger partial charge in [0.2, 0.25) is 0 Å². The van der Waals surface area contributed by atoms with E-state index < -0.39 is 0 Å². The molecular weight excluding hydrogens is 372 g/mol. The molecule has 3 heteroatoms. The van der Waals surface area contributed by atoms with Crippen LogP contribution in [-0.2, 0) is 16.0 Å². The van der Waals surface area contributed by atoms with Gasteiger partial charge in [0.25, 0.3) is 0 Å². The maximum atomic E-state index is 13.2. The number of Topliss-reactive ketones (excluding diaryl/α,β-unsaturated/α-hetero) is 3. The van der Waals surface area contributed by atoms with Crippen molar-refractivity contribution in [2.24, 2.45) is 17.8 Å². The van der Waals surface area contributed by atoms with E-state index in [-0.39, 0.29) is 35.1 Å². The molecule has 0 saturated heterocycles. The third-order valence-electron chi connectivity index (χ3n) is 7.43. The first-order valence-electron chi connectivity index (χ1n) is 11.5. The zero-order valence-corrected chi connectivity index (χ0v) is 19.6. The normalized spacial score (nSPS) is 24.5. The monoisotopic (exact) mass is 408 g/mol. The fourth-order valence-corrected chi connectivity index (χ4v) is 5.92. The van der Waals surface area contributed by atoms with Crippen LogP contribution in [0, 0.1) is 31.6 Å². The Morgan fingerprint density at radius 3 is 2.33 bits per heavy atom. The number of fused-ring (bicyclic) bond motifs is 1. The molecule has 0 fully saturated rings. The van der Waals surface area contributed by atoms with Crippen LogP contribution in [0.1, 0.15) is 98.8 Å². The summed E-state index contributed by atoms with van der Waals surface area (Å²) in [5.74, 6) is 0.943. The van der Waals surface area contributed by atoms with E-state index in [0.29, 0.717) is 17.9 Å². The van der Waals surface area contributed by atoms with Gasteiger partial charge >= 0.3 is 0 Å². The van der Waals surface area contributed by atoms with Gasteiger partial charge in [-0.25, -0.2) is 0 Å². The fourth-order valence-electron chi connectivity index (χ4n) is 5.92. The molecular formula is C27H36O3. The molecule has 0 bridgehead atoms. The molecule has 0 saturated carbocycles. The maximum Gasteiger partial charge on any atom is 0.169 e. The van der Waals surface area contributed by atoms with Crippen LogP contribution in [0.3, 0.4) is 0 Å².